The maximum atomic E-state index is 14.3. The highest BCUT2D eigenvalue weighted by molar-refractivity contribution is 7.90. The van der Waals surface area contributed by atoms with E-state index in [1.54, 1.807) is 6.07 Å². The number of nitrogens with zero attached hydrogens (tertiary/aromatic N) is 2. The van der Waals surface area contributed by atoms with Gasteiger partial charge in [0.2, 0.25) is 0 Å². The minimum Gasteiger partial charge on any atom is -0.468 e. The lowest BCUT2D eigenvalue weighted by Crippen LogP contribution is -2.22. The van der Waals surface area contributed by atoms with Crippen LogP contribution < -0.4 is 4.80 Å². The zero-order valence-electron chi connectivity index (χ0n) is 14.9. The van der Waals surface area contributed by atoms with Crippen LogP contribution in [0.4, 0.5) is 4.39 Å². The zero-order valence-corrected chi connectivity index (χ0v) is 16.5. The summed E-state index contributed by atoms with van der Waals surface area (Å²) in [6, 6.07) is 9.86. The van der Waals surface area contributed by atoms with E-state index in [4.69, 9.17) is 0 Å². The van der Waals surface area contributed by atoms with Crippen molar-refractivity contribution in [1.82, 2.24) is 4.57 Å². The molecule has 3 aromatic rings. The van der Waals surface area contributed by atoms with Crippen LogP contribution in [0.3, 0.4) is 0 Å². The lowest BCUT2D eigenvalue weighted by Gasteiger charge is -2.04. The number of carbonyl (C=O) groups is 2. The molecule has 1 aromatic heterocycles. The second kappa shape index (κ2) is 7.64. The molecule has 0 aliphatic carbocycles. The highest BCUT2D eigenvalue weighted by atomic mass is 32.2. The molecule has 3 rings (SSSR count). The summed E-state index contributed by atoms with van der Waals surface area (Å²) >= 11 is 1.03. The van der Waals surface area contributed by atoms with Crippen LogP contribution in [0, 0.1) is 5.82 Å². The number of rotatable bonds is 4. The highest BCUT2D eigenvalue weighted by Crippen LogP contribution is 2.21. The minimum atomic E-state index is -3.49. The Balaban J connectivity index is 2.16. The number of hydrogen-bond donors (Lipinski definition) is 0. The summed E-state index contributed by atoms with van der Waals surface area (Å²) in [5, 5.41) is 0. The third-order valence-corrected chi connectivity index (χ3v) is 6.03. The van der Waals surface area contributed by atoms with Crippen molar-refractivity contribution < 1.29 is 27.1 Å². The van der Waals surface area contributed by atoms with Gasteiger partial charge in [-0.25, -0.2) is 12.8 Å². The van der Waals surface area contributed by atoms with Crippen LogP contribution in [0.2, 0.25) is 0 Å². The Morgan fingerprint density at radius 3 is 2.61 bits per heavy atom. The SMILES string of the molecule is COC(=O)Cn1c(=NC(=O)c2cccc(S(C)(=O)=O)c2)sc2cccc(F)c21. The van der Waals surface area contributed by atoms with E-state index in [2.05, 4.69) is 9.73 Å². The summed E-state index contributed by atoms with van der Waals surface area (Å²) in [7, 11) is -2.29. The Hall–Kier alpha value is -2.85. The standard InChI is InChI=1S/C18H15FN2O5S2/c1-26-15(22)10-21-16-13(19)7-4-8-14(16)27-18(21)20-17(23)11-5-3-6-12(9-11)28(2,24)25/h3-9H,10H2,1-2H3. The summed E-state index contributed by atoms with van der Waals surface area (Å²) in [5.41, 5.74) is 0.194. The van der Waals surface area contributed by atoms with Gasteiger partial charge in [-0.1, -0.05) is 23.5 Å². The van der Waals surface area contributed by atoms with Crippen LogP contribution in [0.25, 0.3) is 10.2 Å². The van der Waals surface area contributed by atoms with E-state index in [9.17, 15) is 22.4 Å². The van der Waals surface area contributed by atoms with E-state index in [1.807, 2.05) is 0 Å². The number of para-hydroxylation sites is 1. The molecule has 0 aliphatic heterocycles. The number of ether oxygens (including phenoxy) is 1. The second-order valence-corrected chi connectivity index (χ2v) is 8.88. The molecular weight excluding hydrogens is 407 g/mol. The lowest BCUT2D eigenvalue weighted by atomic mass is 10.2. The highest BCUT2D eigenvalue weighted by Gasteiger charge is 2.16. The average molecular weight is 422 g/mol. The first kappa shape index (κ1) is 19.9. The van der Waals surface area contributed by atoms with E-state index in [-0.39, 0.29) is 27.3 Å². The molecule has 10 heteroatoms. The predicted molar refractivity (Wildman–Crippen MR) is 101 cm³/mol. The topological polar surface area (TPSA) is 94.8 Å². The molecule has 0 spiro atoms. The molecule has 0 N–H and O–H groups in total. The van der Waals surface area contributed by atoms with E-state index in [0.717, 1.165) is 17.6 Å². The van der Waals surface area contributed by atoms with E-state index >= 15 is 0 Å². The van der Waals surface area contributed by atoms with Crippen molar-refractivity contribution in [2.24, 2.45) is 4.99 Å². The van der Waals surface area contributed by atoms with Crippen molar-refractivity contribution in [3.05, 3.63) is 58.6 Å². The van der Waals surface area contributed by atoms with Gasteiger partial charge in [0.1, 0.15) is 12.4 Å². The van der Waals surface area contributed by atoms with Crippen molar-refractivity contribution in [3.63, 3.8) is 0 Å². The number of fused-ring (bicyclic) bond motifs is 1. The Kier molecular flexibility index (Phi) is 5.43. The zero-order chi connectivity index (χ0) is 20.5. The molecule has 0 bridgehead atoms. The molecule has 1 heterocycles. The molecule has 0 radical (unpaired) electrons. The van der Waals surface area contributed by atoms with Crippen LogP contribution >= 0.6 is 11.3 Å². The predicted octanol–water partition coefficient (Wildman–Crippen LogP) is 2.16. The van der Waals surface area contributed by atoms with Crippen LogP contribution in [0.5, 0.6) is 0 Å². The fourth-order valence-corrected chi connectivity index (χ4v) is 4.23. The van der Waals surface area contributed by atoms with Crippen LogP contribution in [0.1, 0.15) is 10.4 Å². The van der Waals surface area contributed by atoms with E-state index < -0.39 is 27.5 Å². The molecule has 28 heavy (non-hydrogen) atoms. The maximum Gasteiger partial charge on any atom is 0.325 e. The summed E-state index contributed by atoms with van der Waals surface area (Å²) in [4.78, 5) is 28.4. The number of carbonyl (C=O) groups excluding carboxylic acids is 2. The number of sulfone groups is 1. The second-order valence-electron chi connectivity index (χ2n) is 5.85. The Bertz CT molecular complexity index is 1260. The smallest absolute Gasteiger partial charge is 0.325 e. The fraction of sp³-hybridized carbons (Fsp3) is 0.167. The van der Waals surface area contributed by atoms with Crippen LogP contribution in [0.15, 0.2) is 52.4 Å². The number of amides is 1. The number of aromatic nitrogens is 1. The Labute approximate surface area is 163 Å². The lowest BCUT2D eigenvalue weighted by molar-refractivity contribution is -0.141. The van der Waals surface area contributed by atoms with Gasteiger partial charge in [-0.15, -0.1) is 0 Å². The van der Waals surface area contributed by atoms with Crippen molar-refractivity contribution >= 4 is 43.3 Å². The van der Waals surface area contributed by atoms with Gasteiger partial charge in [0, 0.05) is 11.8 Å². The Morgan fingerprint density at radius 1 is 1.21 bits per heavy atom. The molecule has 0 fully saturated rings. The first-order valence-corrected chi connectivity index (χ1v) is 10.7. The van der Waals surface area contributed by atoms with Crippen molar-refractivity contribution in [1.29, 1.82) is 0 Å². The first-order chi connectivity index (χ1) is 13.2. The van der Waals surface area contributed by atoms with Crippen LogP contribution in [-0.4, -0.2) is 38.2 Å². The largest absolute Gasteiger partial charge is 0.468 e. The third-order valence-electron chi connectivity index (χ3n) is 3.87. The average Bonchev–Trinajstić information content (AvgIpc) is 2.99. The van der Waals surface area contributed by atoms with Gasteiger partial charge < -0.3 is 9.30 Å². The maximum absolute atomic E-state index is 14.3. The summed E-state index contributed by atoms with van der Waals surface area (Å²) in [6.07, 6.45) is 1.03. The first-order valence-electron chi connectivity index (χ1n) is 7.94. The number of methoxy groups -OCH3 is 1. The van der Waals surface area contributed by atoms with Gasteiger partial charge >= 0.3 is 5.97 Å². The number of hydrogen-bond acceptors (Lipinski definition) is 6. The fourth-order valence-electron chi connectivity index (χ4n) is 2.52. The molecule has 7 nitrogen and oxygen atoms in total. The van der Waals surface area contributed by atoms with Crippen molar-refractivity contribution in [2.45, 2.75) is 11.4 Å². The number of thiazole rings is 1. The molecule has 0 saturated carbocycles. The summed E-state index contributed by atoms with van der Waals surface area (Å²) < 4.78 is 44.1. The number of esters is 1. The monoisotopic (exact) mass is 422 g/mol. The summed E-state index contributed by atoms with van der Waals surface area (Å²) in [5.74, 6) is -1.90. The van der Waals surface area contributed by atoms with Gasteiger partial charge in [0.25, 0.3) is 5.91 Å². The molecular formula is C18H15FN2O5S2. The molecule has 0 unspecified atom stereocenters. The molecule has 1 amide bonds. The van der Waals surface area contributed by atoms with Gasteiger partial charge in [-0.2, -0.15) is 4.99 Å². The van der Waals surface area contributed by atoms with Gasteiger partial charge in [0.05, 0.1) is 22.2 Å². The van der Waals surface area contributed by atoms with Crippen molar-refractivity contribution in [3.8, 4) is 0 Å². The molecule has 0 atom stereocenters. The molecule has 2 aromatic carbocycles. The summed E-state index contributed by atoms with van der Waals surface area (Å²) in [6.45, 7) is -0.326. The quantitative estimate of drug-likeness (QED) is 0.601. The third kappa shape index (κ3) is 4.02. The molecule has 146 valence electrons. The van der Waals surface area contributed by atoms with Gasteiger partial charge in [-0.3, -0.25) is 9.59 Å². The number of benzene rings is 2. The number of halogens is 1. The van der Waals surface area contributed by atoms with Gasteiger partial charge in [0.15, 0.2) is 14.6 Å². The van der Waals surface area contributed by atoms with E-state index in [1.165, 1.54) is 48.1 Å². The van der Waals surface area contributed by atoms with Crippen molar-refractivity contribution in [2.75, 3.05) is 13.4 Å². The molecule has 0 aliphatic rings. The normalized spacial score (nSPS) is 12.3. The van der Waals surface area contributed by atoms with Crippen LogP contribution in [-0.2, 0) is 25.9 Å². The molecule has 0 saturated heterocycles. The van der Waals surface area contributed by atoms with Gasteiger partial charge in [-0.05, 0) is 30.3 Å². The minimum absolute atomic E-state index is 0.0154. The Morgan fingerprint density at radius 2 is 1.93 bits per heavy atom. The van der Waals surface area contributed by atoms with E-state index in [0.29, 0.717) is 4.70 Å².